The van der Waals surface area contributed by atoms with Crippen LogP contribution in [-0.2, 0) is 16.0 Å². The second kappa shape index (κ2) is 9.13. The second-order valence-electron chi connectivity index (χ2n) is 5.11. The Morgan fingerprint density at radius 2 is 2.00 bits per heavy atom. The molecule has 20 heavy (non-hydrogen) atoms. The summed E-state index contributed by atoms with van der Waals surface area (Å²) in [6.45, 7) is 6.58. The second-order valence-corrected chi connectivity index (χ2v) is 5.11. The van der Waals surface area contributed by atoms with E-state index in [2.05, 4.69) is 25.2 Å². The van der Waals surface area contributed by atoms with Crippen molar-refractivity contribution >= 4 is 5.97 Å². The molecular weight excluding hydrogens is 248 g/mol. The van der Waals surface area contributed by atoms with Gasteiger partial charge in [-0.05, 0) is 37.3 Å². The smallest absolute Gasteiger partial charge is 0.310 e. The predicted molar refractivity (Wildman–Crippen MR) is 83.5 cm³/mol. The summed E-state index contributed by atoms with van der Waals surface area (Å²) in [5, 5.41) is 0. The minimum Gasteiger partial charge on any atom is -0.461 e. The van der Waals surface area contributed by atoms with Crippen LogP contribution in [0.5, 0.6) is 0 Å². The number of allylic oxidation sites excluding steroid dienone is 3. The molecule has 108 valence electrons. The monoisotopic (exact) mass is 272 g/mol. The number of hydrogen-bond donors (Lipinski definition) is 0. The van der Waals surface area contributed by atoms with Crippen molar-refractivity contribution in [3.63, 3.8) is 0 Å². The zero-order chi connectivity index (χ0) is 14.8. The summed E-state index contributed by atoms with van der Waals surface area (Å²) >= 11 is 0. The van der Waals surface area contributed by atoms with Gasteiger partial charge in [0.15, 0.2) is 0 Å². The predicted octanol–water partition coefficient (Wildman–Crippen LogP) is 4.32. The van der Waals surface area contributed by atoms with Gasteiger partial charge < -0.3 is 4.74 Å². The van der Waals surface area contributed by atoms with Gasteiger partial charge in [-0.25, -0.2) is 0 Å². The van der Waals surface area contributed by atoms with Gasteiger partial charge >= 0.3 is 5.97 Å². The summed E-state index contributed by atoms with van der Waals surface area (Å²) in [5.74, 6) is 0.348. The van der Waals surface area contributed by atoms with Crippen LogP contribution in [0.1, 0.15) is 32.8 Å². The van der Waals surface area contributed by atoms with Gasteiger partial charge in [0.25, 0.3) is 0 Å². The Balaban J connectivity index is 2.31. The highest BCUT2D eigenvalue weighted by Crippen LogP contribution is 2.08. The first-order valence-corrected chi connectivity index (χ1v) is 7.09. The first-order valence-electron chi connectivity index (χ1n) is 7.09. The summed E-state index contributed by atoms with van der Waals surface area (Å²) < 4.78 is 5.27. The Bertz CT molecular complexity index is 458. The fourth-order valence-corrected chi connectivity index (χ4v) is 1.86. The molecule has 1 aromatic carbocycles. The van der Waals surface area contributed by atoms with Gasteiger partial charge in [0.2, 0.25) is 0 Å². The van der Waals surface area contributed by atoms with E-state index in [0.717, 1.165) is 17.6 Å². The van der Waals surface area contributed by atoms with E-state index in [9.17, 15) is 4.79 Å². The van der Waals surface area contributed by atoms with Crippen LogP contribution in [0.4, 0.5) is 0 Å². The highest BCUT2D eigenvalue weighted by molar-refractivity contribution is 5.72. The third kappa shape index (κ3) is 6.93. The zero-order valence-corrected chi connectivity index (χ0v) is 12.6. The van der Waals surface area contributed by atoms with Crippen LogP contribution in [0.15, 0.2) is 54.1 Å². The third-order valence-corrected chi connectivity index (χ3v) is 3.01. The Hall–Kier alpha value is -1.83. The van der Waals surface area contributed by atoms with Crippen LogP contribution >= 0.6 is 0 Å². The molecule has 0 spiro atoms. The van der Waals surface area contributed by atoms with Crippen molar-refractivity contribution in [1.82, 2.24) is 0 Å². The molecule has 0 fully saturated rings. The lowest BCUT2D eigenvalue weighted by Gasteiger charge is -2.07. The lowest BCUT2D eigenvalue weighted by atomic mass is 10.1. The van der Waals surface area contributed by atoms with Gasteiger partial charge in [-0.15, -0.1) is 0 Å². The molecule has 0 N–H and O–H groups in total. The van der Waals surface area contributed by atoms with E-state index < -0.39 is 0 Å². The maximum atomic E-state index is 11.7. The quantitative estimate of drug-likeness (QED) is 0.546. The van der Waals surface area contributed by atoms with Crippen molar-refractivity contribution in [2.24, 2.45) is 5.92 Å². The van der Waals surface area contributed by atoms with Crippen LogP contribution in [0.2, 0.25) is 0 Å². The highest BCUT2D eigenvalue weighted by atomic mass is 16.5. The Morgan fingerprint density at radius 3 is 2.65 bits per heavy atom. The van der Waals surface area contributed by atoms with Crippen molar-refractivity contribution < 1.29 is 9.53 Å². The lowest BCUT2D eigenvalue weighted by Crippen LogP contribution is -2.09. The average Bonchev–Trinajstić information content (AvgIpc) is 2.44. The first-order chi connectivity index (χ1) is 9.61. The van der Waals surface area contributed by atoms with Gasteiger partial charge in [-0.2, -0.15) is 0 Å². The number of hydrogen-bond acceptors (Lipinski definition) is 2. The van der Waals surface area contributed by atoms with E-state index in [1.807, 2.05) is 44.2 Å². The summed E-state index contributed by atoms with van der Waals surface area (Å²) in [4.78, 5) is 11.7. The van der Waals surface area contributed by atoms with Gasteiger partial charge in [-0.3, -0.25) is 4.79 Å². The van der Waals surface area contributed by atoms with E-state index in [-0.39, 0.29) is 5.97 Å². The molecule has 1 atom stereocenters. The molecule has 1 aromatic rings. The molecule has 1 unspecified atom stereocenters. The summed E-state index contributed by atoms with van der Waals surface area (Å²) in [5.41, 5.74) is 2.09. The summed E-state index contributed by atoms with van der Waals surface area (Å²) in [7, 11) is 0. The molecule has 0 aliphatic carbocycles. The molecule has 1 rings (SSSR count). The summed E-state index contributed by atoms with van der Waals surface area (Å²) in [6.07, 6.45) is 7.69. The normalized spacial score (nSPS) is 13.4. The molecule has 0 heterocycles. The van der Waals surface area contributed by atoms with Gasteiger partial charge in [-0.1, -0.05) is 55.5 Å². The molecule has 0 bridgehead atoms. The van der Waals surface area contributed by atoms with Crippen molar-refractivity contribution in [3.8, 4) is 0 Å². The van der Waals surface area contributed by atoms with Gasteiger partial charge in [0, 0.05) is 0 Å². The standard InChI is InChI=1S/C18H24O2/c1-4-8-15(2)11-12-16(3)14-20-18(19)13-17-9-6-5-7-10-17/h4-10,12,15H,11,13-14H2,1-3H3/b8-4+,16-12+. The highest BCUT2D eigenvalue weighted by Gasteiger charge is 2.04. The number of rotatable bonds is 7. The fraction of sp³-hybridized carbons (Fsp3) is 0.389. The number of carbonyl (C=O) groups excluding carboxylic acids is 1. The van der Waals surface area contributed by atoms with Gasteiger partial charge in [0.1, 0.15) is 6.61 Å². The maximum absolute atomic E-state index is 11.7. The number of ether oxygens (including phenoxy) is 1. The number of esters is 1. The topological polar surface area (TPSA) is 26.3 Å². The van der Waals surface area contributed by atoms with E-state index in [4.69, 9.17) is 4.74 Å². The fourth-order valence-electron chi connectivity index (χ4n) is 1.86. The minimum absolute atomic E-state index is 0.176. The minimum atomic E-state index is -0.176. The Kier molecular flexibility index (Phi) is 7.41. The van der Waals surface area contributed by atoms with Crippen LogP contribution in [0.3, 0.4) is 0 Å². The molecule has 0 saturated heterocycles. The van der Waals surface area contributed by atoms with Crippen molar-refractivity contribution in [2.45, 2.75) is 33.6 Å². The molecule has 0 aliphatic heterocycles. The van der Waals surface area contributed by atoms with Crippen LogP contribution < -0.4 is 0 Å². The third-order valence-electron chi connectivity index (χ3n) is 3.01. The SMILES string of the molecule is C/C=C/C(C)C/C=C(\C)COC(=O)Cc1ccccc1. The van der Waals surface area contributed by atoms with Crippen molar-refractivity contribution in [3.05, 3.63) is 59.7 Å². The van der Waals surface area contributed by atoms with E-state index in [1.54, 1.807) is 0 Å². The Morgan fingerprint density at radius 1 is 1.30 bits per heavy atom. The van der Waals surface area contributed by atoms with E-state index in [1.165, 1.54) is 0 Å². The zero-order valence-electron chi connectivity index (χ0n) is 12.6. The molecule has 2 heteroatoms. The summed E-state index contributed by atoms with van der Waals surface area (Å²) in [6, 6.07) is 9.66. The molecule has 0 radical (unpaired) electrons. The number of benzene rings is 1. The van der Waals surface area contributed by atoms with Gasteiger partial charge in [0.05, 0.1) is 6.42 Å². The number of carbonyl (C=O) groups is 1. The van der Waals surface area contributed by atoms with Crippen LogP contribution in [0.25, 0.3) is 0 Å². The molecule has 2 nitrogen and oxygen atoms in total. The molecule has 0 aromatic heterocycles. The van der Waals surface area contributed by atoms with Crippen LogP contribution in [-0.4, -0.2) is 12.6 Å². The van der Waals surface area contributed by atoms with Crippen molar-refractivity contribution in [2.75, 3.05) is 6.61 Å². The lowest BCUT2D eigenvalue weighted by molar-refractivity contribution is -0.141. The molecule has 0 amide bonds. The van der Waals surface area contributed by atoms with E-state index >= 15 is 0 Å². The molecular formula is C18H24O2. The first kappa shape index (κ1) is 16.2. The van der Waals surface area contributed by atoms with E-state index in [0.29, 0.717) is 18.9 Å². The molecule has 0 saturated carbocycles. The van der Waals surface area contributed by atoms with Crippen LogP contribution in [0, 0.1) is 5.92 Å². The van der Waals surface area contributed by atoms with Crippen molar-refractivity contribution in [1.29, 1.82) is 0 Å². The maximum Gasteiger partial charge on any atom is 0.310 e. The average molecular weight is 272 g/mol. The largest absolute Gasteiger partial charge is 0.461 e. The Labute approximate surface area is 122 Å². The molecule has 0 aliphatic rings.